The maximum atomic E-state index is 8.88. The first-order valence-electron chi connectivity index (χ1n) is 2.41. The largest absolute Gasteiger partial charge is 0.337 e. The average Bonchev–Trinajstić information content (AvgIpc) is 2.12. The molecule has 1 heterocycles. The summed E-state index contributed by atoms with van der Waals surface area (Å²) < 4.78 is 1.74. The van der Waals surface area contributed by atoms with Crippen molar-refractivity contribution in [3.63, 3.8) is 0 Å². The van der Waals surface area contributed by atoms with Gasteiger partial charge < -0.3 is 5.11 Å². The topological polar surface area (TPSA) is 24.1 Å². The Balaban J connectivity index is 2.77. The molecule has 44 valence electrons. The zero-order valence-electron chi connectivity index (χ0n) is 4.61. The Morgan fingerprint density at radius 1 is 1.75 bits per heavy atom. The Kier molecular flexibility index (Phi) is 1.60. The van der Waals surface area contributed by atoms with E-state index in [9.17, 15) is 0 Å². The van der Waals surface area contributed by atoms with E-state index < -0.39 is 0 Å². The summed E-state index contributed by atoms with van der Waals surface area (Å²) in [5.74, 6) is 0. The Labute approximate surface area is 52.0 Å². The highest BCUT2D eigenvalue weighted by atomic mass is 32.1. The molecule has 1 unspecified atom stereocenters. The maximum Gasteiger partial charge on any atom is 0.257 e. The van der Waals surface area contributed by atoms with E-state index in [0.717, 1.165) is 0 Å². The number of thiazole rings is 1. The Bertz CT molecular complexity index is 147. The Morgan fingerprint density at radius 2 is 2.50 bits per heavy atom. The lowest BCUT2D eigenvalue weighted by molar-refractivity contribution is -0.751. The highest BCUT2D eigenvalue weighted by Gasteiger charge is 2.04. The van der Waals surface area contributed by atoms with Crippen LogP contribution in [0.3, 0.4) is 0 Å². The van der Waals surface area contributed by atoms with Crippen molar-refractivity contribution in [1.29, 1.82) is 0 Å². The lowest BCUT2D eigenvalue weighted by Crippen LogP contribution is -2.34. The molecule has 0 aliphatic heterocycles. The van der Waals surface area contributed by atoms with Gasteiger partial charge in [0.15, 0.2) is 6.20 Å². The zero-order valence-corrected chi connectivity index (χ0v) is 5.43. The molecular weight excluding hydrogens is 122 g/mol. The van der Waals surface area contributed by atoms with Crippen molar-refractivity contribution in [2.24, 2.45) is 0 Å². The minimum Gasteiger partial charge on any atom is -0.337 e. The van der Waals surface area contributed by atoms with Gasteiger partial charge in [-0.15, -0.1) is 0 Å². The minimum atomic E-state index is -0.388. The molecule has 1 aromatic rings. The van der Waals surface area contributed by atoms with Crippen molar-refractivity contribution in [2.75, 3.05) is 0 Å². The number of rotatable bonds is 1. The van der Waals surface area contributed by atoms with Gasteiger partial charge in [0.25, 0.3) is 6.23 Å². The van der Waals surface area contributed by atoms with Gasteiger partial charge >= 0.3 is 0 Å². The van der Waals surface area contributed by atoms with Crippen molar-refractivity contribution < 1.29 is 9.67 Å². The van der Waals surface area contributed by atoms with Crippen LogP contribution < -0.4 is 4.57 Å². The van der Waals surface area contributed by atoms with E-state index in [4.69, 9.17) is 5.11 Å². The number of aliphatic hydroxyl groups is 1. The molecule has 0 saturated carbocycles. The van der Waals surface area contributed by atoms with Crippen LogP contribution in [0.15, 0.2) is 17.1 Å². The smallest absolute Gasteiger partial charge is 0.257 e. The summed E-state index contributed by atoms with van der Waals surface area (Å²) >= 11 is 1.57. The second-order valence-electron chi connectivity index (χ2n) is 1.61. The second kappa shape index (κ2) is 2.24. The van der Waals surface area contributed by atoms with Gasteiger partial charge in [-0.05, 0) is 0 Å². The molecule has 0 fully saturated rings. The lowest BCUT2D eigenvalue weighted by Gasteiger charge is -1.89. The van der Waals surface area contributed by atoms with E-state index in [1.54, 1.807) is 22.8 Å². The molecule has 0 aromatic carbocycles. The molecular formula is C5H8NOS+. The first-order chi connectivity index (χ1) is 3.80. The van der Waals surface area contributed by atoms with Gasteiger partial charge in [-0.3, -0.25) is 0 Å². The van der Waals surface area contributed by atoms with E-state index in [2.05, 4.69) is 0 Å². The summed E-state index contributed by atoms with van der Waals surface area (Å²) in [6, 6.07) is 0. The van der Waals surface area contributed by atoms with E-state index in [1.807, 2.05) is 17.1 Å². The van der Waals surface area contributed by atoms with Crippen LogP contribution in [0.25, 0.3) is 0 Å². The van der Waals surface area contributed by atoms with Gasteiger partial charge in [-0.1, -0.05) is 11.3 Å². The summed E-state index contributed by atoms with van der Waals surface area (Å²) in [5, 5.41) is 10.8. The summed E-state index contributed by atoms with van der Waals surface area (Å²) in [6.07, 6.45) is 1.45. The molecule has 1 atom stereocenters. The van der Waals surface area contributed by atoms with Crippen LogP contribution in [0.1, 0.15) is 13.2 Å². The number of aliphatic hydroxyl groups excluding tert-OH is 1. The molecule has 0 aliphatic rings. The third-order valence-electron chi connectivity index (χ3n) is 0.926. The van der Waals surface area contributed by atoms with Crippen LogP contribution in [-0.2, 0) is 0 Å². The van der Waals surface area contributed by atoms with Gasteiger partial charge in [0.1, 0.15) is 0 Å². The van der Waals surface area contributed by atoms with Crippen molar-refractivity contribution in [1.82, 2.24) is 0 Å². The quantitative estimate of drug-likeness (QED) is 0.551. The molecule has 0 radical (unpaired) electrons. The molecule has 0 aliphatic carbocycles. The molecule has 1 N–H and O–H groups in total. The van der Waals surface area contributed by atoms with Crippen molar-refractivity contribution in [3.8, 4) is 0 Å². The summed E-state index contributed by atoms with van der Waals surface area (Å²) in [4.78, 5) is 0. The molecule has 3 heteroatoms. The number of hydrogen-bond donors (Lipinski definition) is 1. The summed E-state index contributed by atoms with van der Waals surface area (Å²) in [6.45, 7) is 1.73. The van der Waals surface area contributed by atoms with Crippen molar-refractivity contribution in [3.05, 3.63) is 17.1 Å². The lowest BCUT2D eigenvalue weighted by atomic mass is 10.6. The molecule has 0 amide bonds. The van der Waals surface area contributed by atoms with Crippen LogP contribution in [-0.4, -0.2) is 5.11 Å². The highest BCUT2D eigenvalue weighted by molar-refractivity contribution is 7.07. The first kappa shape index (κ1) is 5.72. The fourth-order valence-electron chi connectivity index (χ4n) is 0.459. The third-order valence-corrected chi connectivity index (χ3v) is 1.57. The highest BCUT2D eigenvalue weighted by Crippen LogP contribution is 1.92. The Hall–Kier alpha value is -0.410. The fraction of sp³-hybridized carbons (Fsp3) is 0.400. The van der Waals surface area contributed by atoms with E-state index >= 15 is 0 Å². The SMILES string of the molecule is CC(O)[n+]1ccsc1. The van der Waals surface area contributed by atoms with Crippen molar-refractivity contribution in [2.45, 2.75) is 13.2 Å². The first-order valence-corrected chi connectivity index (χ1v) is 3.36. The monoisotopic (exact) mass is 130 g/mol. The van der Waals surface area contributed by atoms with Gasteiger partial charge in [0.2, 0.25) is 5.51 Å². The van der Waals surface area contributed by atoms with Crippen LogP contribution in [0, 0.1) is 0 Å². The molecule has 1 aromatic heterocycles. The predicted molar refractivity (Wildman–Crippen MR) is 31.4 cm³/mol. The van der Waals surface area contributed by atoms with Gasteiger partial charge in [-0.2, -0.15) is 4.57 Å². The van der Waals surface area contributed by atoms with Crippen LogP contribution >= 0.6 is 11.3 Å². The predicted octanol–water partition coefficient (Wildman–Crippen LogP) is 0.546. The molecule has 0 spiro atoms. The molecule has 0 bridgehead atoms. The van der Waals surface area contributed by atoms with Crippen LogP contribution in [0.4, 0.5) is 0 Å². The van der Waals surface area contributed by atoms with Gasteiger partial charge in [0.05, 0.1) is 5.38 Å². The van der Waals surface area contributed by atoms with E-state index in [1.165, 1.54) is 0 Å². The summed E-state index contributed by atoms with van der Waals surface area (Å²) in [7, 11) is 0. The van der Waals surface area contributed by atoms with Gasteiger partial charge in [-0.25, -0.2) is 0 Å². The molecule has 0 saturated heterocycles. The molecule has 8 heavy (non-hydrogen) atoms. The van der Waals surface area contributed by atoms with E-state index in [0.29, 0.717) is 0 Å². The van der Waals surface area contributed by atoms with Gasteiger partial charge in [0, 0.05) is 6.92 Å². The maximum absolute atomic E-state index is 8.88. The number of hydrogen-bond acceptors (Lipinski definition) is 2. The van der Waals surface area contributed by atoms with Crippen LogP contribution in [0.5, 0.6) is 0 Å². The van der Waals surface area contributed by atoms with Crippen LogP contribution in [0.2, 0.25) is 0 Å². The van der Waals surface area contributed by atoms with E-state index in [-0.39, 0.29) is 6.23 Å². The standard InChI is InChI=1S/C5H8NOS/c1-5(7)6-2-3-8-4-6/h2-5,7H,1H3/q+1. The third kappa shape index (κ3) is 1.05. The van der Waals surface area contributed by atoms with Crippen molar-refractivity contribution >= 4 is 11.3 Å². The normalized spacial score (nSPS) is 13.8. The number of nitrogens with zero attached hydrogens (tertiary/aromatic N) is 1. The second-order valence-corrected chi connectivity index (χ2v) is 2.36. The number of aromatic nitrogens is 1. The Morgan fingerprint density at radius 3 is 2.75 bits per heavy atom. The molecule has 2 nitrogen and oxygen atoms in total. The fourth-order valence-corrected chi connectivity index (χ4v) is 1.13. The summed E-state index contributed by atoms with van der Waals surface area (Å²) in [5.41, 5.74) is 1.87. The average molecular weight is 130 g/mol. The minimum absolute atomic E-state index is 0.388. The molecule has 1 rings (SSSR count). The zero-order chi connectivity index (χ0) is 5.98.